The molecule has 4 aromatic rings. The molecule has 5 rings (SSSR count). The number of thioether (sulfide) groups is 1. The first-order valence-corrected chi connectivity index (χ1v) is 11.7. The number of aromatic amines is 1. The Bertz CT molecular complexity index is 1210. The highest BCUT2D eigenvalue weighted by Gasteiger charge is 2.48. The van der Waals surface area contributed by atoms with Crippen LogP contribution in [0.1, 0.15) is 22.4 Å². The summed E-state index contributed by atoms with van der Waals surface area (Å²) in [7, 11) is 1.62. The quantitative estimate of drug-likeness (QED) is 0.330. The van der Waals surface area contributed by atoms with Gasteiger partial charge >= 0.3 is 0 Å². The zero-order chi connectivity index (χ0) is 22.8. The van der Waals surface area contributed by atoms with Gasteiger partial charge in [0, 0.05) is 13.5 Å². The predicted octanol–water partition coefficient (Wildman–Crippen LogP) is 3.45. The molecule has 1 amide bonds. The van der Waals surface area contributed by atoms with Crippen LogP contribution in [0.4, 0.5) is 0 Å². The molecule has 1 saturated heterocycles. The van der Waals surface area contributed by atoms with Gasteiger partial charge in [0.25, 0.3) is 5.56 Å². The summed E-state index contributed by atoms with van der Waals surface area (Å²) in [6, 6.07) is 31.1. The van der Waals surface area contributed by atoms with Gasteiger partial charge in [-0.05, 0) is 16.7 Å². The van der Waals surface area contributed by atoms with Gasteiger partial charge in [0.05, 0.1) is 16.0 Å². The van der Waals surface area contributed by atoms with E-state index in [1.54, 1.807) is 18.8 Å². The molecule has 3 aromatic carbocycles. The number of aromatic nitrogens is 3. The number of hydrogen-bond donors (Lipinski definition) is 2. The number of benzene rings is 3. The third kappa shape index (κ3) is 3.78. The summed E-state index contributed by atoms with van der Waals surface area (Å²) in [6.45, 7) is 0. The maximum Gasteiger partial charge on any atom is 0.289 e. The number of β-lactam (4-membered cyclic amide) rings is 1. The van der Waals surface area contributed by atoms with Gasteiger partial charge in [0.1, 0.15) is 5.69 Å². The summed E-state index contributed by atoms with van der Waals surface area (Å²) in [5, 5.41) is 9.67. The van der Waals surface area contributed by atoms with E-state index in [9.17, 15) is 9.59 Å². The molecular weight excluding hydrogens is 432 g/mol. The highest BCUT2D eigenvalue weighted by molar-refractivity contribution is 8.01. The Balaban J connectivity index is 1.60. The van der Waals surface area contributed by atoms with Crippen LogP contribution in [0, 0.1) is 5.92 Å². The molecule has 0 radical (unpaired) electrons. The molecule has 1 aromatic heterocycles. The summed E-state index contributed by atoms with van der Waals surface area (Å²) in [5.41, 5.74) is 3.57. The van der Waals surface area contributed by atoms with Gasteiger partial charge in [-0.15, -0.1) is 11.8 Å². The molecule has 33 heavy (non-hydrogen) atoms. The molecule has 1 aliphatic heterocycles. The largest absolute Gasteiger partial charge is 0.343 e. The van der Waals surface area contributed by atoms with Crippen molar-refractivity contribution in [3.8, 4) is 0 Å². The molecule has 166 valence electrons. The van der Waals surface area contributed by atoms with Crippen molar-refractivity contribution in [3.63, 3.8) is 0 Å². The van der Waals surface area contributed by atoms with E-state index < -0.39 is 4.75 Å². The number of nitrogens with one attached hydrogen (secondary N) is 2. The molecule has 0 saturated carbocycles. The number of nitrogens with zero attached hydrogens (tertiary/aromatic N) is 2. The van der Waals surface area contributed by atoms with Crippen molar-refractivity contribution < 1.29 is 4.79 Å². The van der Waals surface area contributed by atoms with E-state index in [1.807, 2.05) is 54.6 Å². The normalized spacial score (nSPS) is 17.9. The molecule has 2 N–H and O–H groups in total. The lowest BCUT2D eigenvalue weighted by molar-refractivity contribution is -0.132. The standard InChI is InChI=1S/C26H24N4O2S/c1-30-25(32)22(28-29-30)17-21-23(31)27-24(21)33-26(18-11-5-2-6-12-18,19-13-7-3-8-14-19)20-15-9-4-10-16-20/h2-16,21,24,29H,17H2,1H3,(H,27,31). The second-order valence-corrected chi connectivity index (χ2v) is 9.52. The number of amides is 1. The summed E-state index contributed by atoms with van der Waals surface area (Å²) < 4.78 is 0.785. The number of aryl methyl sites for hydroxylation is 1. The third-order valence-corrected chi connectivity index (χ3v) is 7.89. The first kappa shape index (κ1) is 21.3. The highest BCUT2D eigenvalue weighted by Crippen LogP contribution is 2.52. The Morgan fingerprint density at radius 2 is 1.33 bits per heavy atom. The van der Waals surface area contributed by atoms with Gasteiger partial charge in [-0.3, -0.25) is 9.59 Å². The highest BCUT2D eigenvalue weighted by atomic mass is 32.2. The summed E-state index contributed by atoms with van der Waals surface area (Å²) in [6.07, 6.45) is 0.300. The molecule has 2 heterocycles. The van der Waals surface area contributed by atoms with Crippen LogP contribution in [-0.2, 0) is 23.0 Å². The second-order valence-electron chi connectivity index (χ2n) is 8.16. The lowest BCUT2D eigenvalue weighted by Gasteiger charge is -2.44. The minimum Gasteiger partial charge on any atom is -0.343 e. The zero-order valence-electron chi connectivity index (χ0n) is 18.1. The average Bonchev–Trinajstić information content (AvgIpc) is 3.19. The van der Waals surface area contributed by atoms with Crippen LogP contribution in [0.5, 0.6) is 0 Å². The second kappa shape index (κ2) is 8.75. The summed E-state index contributed by atoms with van der Waals surface area (Å²) in [5.74, 6) is -0.401. The Morgan fingerprint density at radius 1 is 0.848 bits per heavy atom. The van der Waals surface area contributed by atoms with E-state index in [1.165, 1.54) is 4.68 Å². The molecule has 1 fully saturated rings. The maximum absolute atomic E-state index is 12.6. The Morgan fingerprint density at radius 3 is 1.73 bits per heavy atom. The average molecular weight is 457 g/mol. The minimum atomic E-state index is -0.545. The van der Waals surface area contributed by atoms with Gasteiger partial charge in [-0.1, -0.05) is 91.0 Å². The number of hydrogen-bond acceptors (Lipinski definition) is 4. The van der Waals surface area contributed by atoms with E-state index >= 15 is 0 Å². The molecule has 0 bridgehead atoms. The molecule has 6 nitrogen and oxygen atoms in total. The molecule has 7 heteroatoms. The van der Waals surface area contributed by atoms with Crippen LogP contribution in [0.2, 0.25) is 0 Å². The van der Waals surface area contributed by atoms with Crippen molar-refractivity contribution in [2.24, 2.45) is 13.0 Å². The van der Waals surface area contributed by atoms with E-state index in [0.717, 1.165) is 16.7 Å². The van der Waals surface area contributed by atoms with Crippen molar-refractivity contribution in [1.82, 2.24) is 20.3 Å². The number of carbonyl (C=O) groups excluding carboxylic acids is 1. The monoisotopic (exact) mass is 456 g/mol. The zero-order valence-corrected chi connectivity index (χ0v) is 19.0. The van der Waals surface area contributed by atoms with Crippen molar-refractivity contribution >= 4 is 17.7 Å². The van der Waals surface area contributed by atoms with E-state index in [4.69, 9.17) is 0 Å². The summed E-state index contributed by atoms with van der Waals surface area (Å²) >= 11 is 1.70. The molecule has 2 atom stereocenters. The summed E-state index contributed by atoms with van der Waals surface area (Å²) in [4.78, 5) is 24.9. The van der Waals surface area contributed by atoms with Crippen molar-refractivity contribution in [2.75, 3.05) is 0 Å². The van der Waals surface area contributed by atoms with Gasteiger partial charge in [0.15, 0.2) is 0 Å². The lowest BCUT2D eigenvalue weighted by Crippen LogP contribution is -2.58. The van der Waals surface area contributed by atoms with Gasteiger partial charge < -0.3 is 5.32 Å². The van der Waals surface area contributed by atoms with Crippen molar-refractivity contribution in [2.45, 2.75) is 16.5 Å². The molecule has 0 spiro atoms. The fourth-order valence-corrected chi connectivity index (χ4v) is 6.13. The van der Waals surface area contributed by atoms with Gasteiger partial charge in [0.2, 0.25) is 5.91 Å². The number of carbonyl (C=O) groups is 1. The van der Waals surface area contributed by atoms with E-state index in [2.05, 4.69) is 52.0 Å². The Kier molecular flexibility index (Phi) is 5.64. The first-order valence-electron chi connectivity index (χ1n) is 10.8. The van der Waals surface area contributed by atoms with E-state index in [-0.39, 0.29) is 22.8 Å². The topological polar surface area (TPSA) is 79.8 Å². The number of H-pyrrole nitrogens is 1. The minimum absolute atomic E-state index is 0.0550. The van der Waals surface area contributed by atoms with Gasteiger partial charge in [-0.2, -0.15) is 5.10 Å². The molecule has 2 unspecified atom stereocenters. The van der Waals surface area contributed by atoms with Crippen LogP contribution >= 0.6 is 11.8 Å². The fourth-order valence-electron chi connectivity index (χ4n) is 4.38. The van der Waals surface area contributed by atoms with Crippen molar-refractivity contribution in [3.05, 3.63) is 124 Å². The first-order chi connectivity index (χ1) is 16.1. The smallest absolute Gasteiger partial charge is 0.289 e. The lowest BCUT2D eigenvalue weighted by atomic mass is 9.84. The molecular formula is C26H24N4O2S. The maximum atomic E-state index is 12.6. The Hall–Kier alpha value is -3.58. The fraction of sp³-hybridized carbons (Fsp3) is 0.192. The third-order valence-electron chi connectivity index (χ3n) is 6.13. The number of rotatable bonds is 7. The van der Waals surface area contributed by atoms with Crippen LogP contribution in [0.25, 0.3) is 0 Å². The van der Waals surface area contributed by atoms with Crippen LogP contribution < -0.4 is 10.9 Å². The van der Waals surface area contributed by atoms with Crippen molar-refractivity contribution in [1.29, 1.82) is 0 Å². The van der Waals surface area contributed by atoms with E-state index in [0.29, 0.717) is 12.1 Å². The van der Waals surface area contributed by atoms with Crippen LogP contribution in [0.3, 0.4) is 0 Å². The van der Waals surface area contributed by atoms with Gasteiger partial charge in [-0.25, -0.2) is 9.90 Å². The molecule has 1 aliphatic rings. The molecule has 0 aliphatic carbocycles. The van der Waals surface area contributed by atoms with Crippen LogP contribution in [-0.4, -0.2) is 26.3 Å². The SMILES string of the molecule is Cn1[nH]nc(CC2C(=O)NC2SC(c2ccccc2)(c2ccccc2)c2ccccc2)c1=O. The van der Waals surface area contributed by atoms with Crippen LogP contribution in [0.15, 0.2) is 95.8 Å². The predicted molar refractivity (Wildman–Crippen MR) is 130 cm³/mol. The Labute approximate surface area is 196 Å².